The minimum Gasteiger partial charge on any atom is -0.378 e. The standard InChI is InChI=1S/C24H27F2N3O/c1-15-12-18(16(2)27-21-9-5-4-8-17(21)23(25)26)19-14-22(29-10-6-7-11-29)28(3)24(30)20(19)13-15/h4-5,8-9,12-14,16,23,27H,6-7,10-11H2,1-3H3/t16-/m1/s1. The molecule has 2 heterocycles. The maximum atomic E-state index is 13.4. The van der Waals surface area contributed by atoms with E-state index in [0.717, 1.165) is 48.3 Å². The van der Waals surface area contributed by atoms with Crippen LogP contribution in [0.1, 0.15) is 48.9 Å². The number of pyridine rings is 1. The van der Waals surface area contributed by atoms with Crippen molar-refractivity contribution in [2.24, 2.45) is 7.05 Å². The van der Waals surface area contributed by atoms with Crippen molar-refractivity contribution in [2.75, 3.05) is 23.3 Å². The molecule has 0 saturated carbocycles. The van der Waals surface area contributed by atoms with E-state index in [0.29, 0.717) is 11.1 Å². The molecule has 0 aliphatic carbocycles. The lowest BCUT2D eigenvalue weighted by Crippen LogP contribution is -2.28. The monoisotopic (exact) mass is 411 g/mol. The van der Waals surface area contributed by atoms with Crippen LogP contribution >= 0.6 is 0 Å². The molecular formula is C24H27F2N3O. The van der Waals surface area contributed by atoms with Crippen LogP contribution in [0.2, 0.25) is 0 Å². The Bertz CT molecular complexity index is 1130. The van der Waals surface area contributed by atoms with Gasteiger partial charge in [-0.05, 0) is 61.4 Å². The van der Waals surface area contributed by atoms with Gasteiger partial charge in [0.15, 0.2) is 0 Å². The van der Waals surface area contributed by atoms with Crippen molar-refractivity contribution in [3.8, 4) is 0 Å². The van der Waals surface area contributed by atoms with Crippen molar-refractivity contribution >= 4 is 22.3 Å². The van der Waals surface area contributed by atoms with Gasteiger partial charge in [0, 0.05) is 42.8 Å². The first-order valence-corrected chi connectivity index (χ1v) is 10.4. The summed E-state index contributed by atoms with van der Waals surface area (Å²) in [5.41, 5.74) is 2.28. The summed E-state index contributed by atoms with van der Waals surface area (Å²) in [6.45, 7) is 5.78. The highest BCUT2D eigenvalue weighted by atomic mass is 19.3. The first kappa shape index (κ1) is 20.4. The van der Waals surface area contributed by atoms with Gasteiger partial charge in [-0.2, -0.15) is 0 Å². The third-order valence-corrected chi connectivity index (χ3v) is 5.97. The zero-order valence-corrected chi connectivity index (χ0v) is 17.6. The molecule has 1 N–H and O–H groups in total. The van der Waals surface area contributed by atoms with Gasteiger partial charge in [-0.1, -0.05) is 24.3 Å². The molecule has 158 valence electrons. The smallest absolute Gasteiger partial charge is 0.265 e. The second kappa shape index (κ2) is 8.09. The zero-order valence-electron chi connectivity index (χ0n) is 17.6. The molecule has 30 heavy (non-hydrogen) atoms. The van der Waals surface area contributed by atoms with Gasteiger partial charge in [-0.25, -0.2) is 8.78 Å². The van der Waals surface area contributed by atoms with E-state index in [1.165, 1.54) is 6.07 Å². The molecule has 1 atom stereocenters. The Hall–Kier alpha value is -2.89. The number of para-hydroxylation sites is 1. The molecule has 1 aliphatic heterocycles. The van der Waals surface area contributed by atoms with Crippen molar-refractivity contribution in [3.63, 3.8) is 0 Å². The van der Waals surface area contributed by atoms with E-state index in [1.807, 2.05) is 33.0 Å². The number of aryl methyl sites for hydroxylation is 1. The minimum absolute atomic E-state index is 0.0185. The second-order valence-electron chi connectivity index (χ2n) is 8.13. The van der Waals surface area contributed by atoms with Gasteiger partial charge in [0.1, 0.15) is 5.82 Å². The minimum atomic E-state index is -2.55. The molecule has 2 aromatic carbocycles. The van der Waals surface area contributed by atoms with Crippen LogP contribution < -0.4 is 15.8 Å². The van der Waals surface area contributed by atoms with Crippen molar-refractivity contribution in [1.29, 1.82) is 0 Å². The highest BCUT2D eigenvalue weighted by Gasteiger charge is 2.21. The number of hydrogen-bond donors (Lipinski definition) is 1. The summed E-state index contributed by atoms with van der Waals surface area (Å²) in [5, 5.41) is 4.78. The van der Waals surface area contributed by atoms with Crippen LogP contribution in [0.25, 0.3) is 10.8 Å². The van der Waals surface area contributed by atoms with Gasteiger partial charge in [0.2, 0.25) is 0 Å². The Morgan fingerprint density at radius 3 is 2.40 bits per heavy atom. The number of benzene rings is 2. The summed E-state index contributed by atoms with van der Waals surface area (Å²) >= 11 is 0. The summed E-state index contributed by atoms with van der Waals surface area (Å²) in [6, 6.07) is 12.3. The fourth-order valence-electron chi connectivity index (χ4n) is 4.41. The quantitative estimate of drug-likeness (QED) is 0.597. The summed E-state index contributed by atoms with van der Waals surface area (Å²) in [5.74, 6) is 0.912. The lowest BCUT2D eigenvalue weighted by atomic mass is 9.97. The van der Waals surface area contributed by atoms with Crippen molar-refractivity contribution in [3.05, 3.63) is 69.5 Å². The first-order valence-electron chi connectivity index (χ1n) is 10.4. The van der Waals surface area contributed by atoms with E-state index in [-0.39, 0.29) is 17.2 Å². The van der Waals surface area contributed by atoms with Crippen LogP contribution in [0.5, 0.6) is 0 Å². The third-order valence-electron chi connectivity index (χ3n) is 5.97. The summed E-state index contributed by atoms with van der Waals surface area (Å²) < 4.78 is 28.6. The highest BCUT2D eigenvalue weighted by Crippen LogP contribution is 2.33. The number of nitrogens with zero attached hydrogens (tertiary/aromatic N) is 2. The second-order valence-corrected chi connectivity index (χ2v) is 8.13. The zero-order chi connectivity index (χ0) is 21.4. The summed E-state index contributed by atoms with van der Waals surface area (Å²) in [6.07, 6.45) is -0.311. The molecular weight excluding hydrogens is 384 g/mol. The largest absolute Gasteiger partial charge is 0.378 e. The molecule has 0 amide bonds. The van der Waals surface area contributed by atoms with Crippen molar-refractivity contribution < 1.29 is 8.78 Å². The van der Waals surface area contributed by atoms with Gasteiger partial charge in [0.25, 0.3) is 12.0 Å². The SMILES string of the molecule is Cc1cc([C@@H](C)Nc2ccccc2C(F)F)c2cc(N3CCCC3)n(C)c(=O)c2c1. The van der Waals surface area contributed by atoms with Crippen LogP contribution in [0, 0.1) is 6.92 Å². The summed E-state index contributed by atoms with van der Waals surface area (Å²) in [4.78, 5) is 15.4. The average molecular weight is 411 g/mol. The highest BCUT2D eigenvalue weighted by molar-refractivity contribution is 5.89. The van der Waals surface area contributed by atoms with E-state index in [2.05, 4.69) is 16.3 Å². The fraction of sp³-hybridized carbons (Fsp3) is 0.375. The molecule has 1 saturated heterocycles. The van der Waals surface area contributed by atoms with Crippen LogP contribution in [0.4, 0.5) is 20.3 Å². The fourth-order valence-corrected chi connectivity index (χ4v) is 4.41. The number of aromatic nitrogens is 1. The Labute approximate surface area is 175 Å². The van der Waals surface area contributed by atoms with Crippen LogP contribution in [-0.2, 0) is 7.05 Å². The summed E-state index contributed by atoms with van der Waals surface area (Å²) in [7, 11) is 1.82. The number of hydrogen-bond acceptors (Lipinski definition) is 3. The van der Waals surface area contributed by atoms with Crippen LogP contribution in [0.15, 0.2) is 47.3 Å². The molecule has 0 unspecified atom stereocenters. The predicted molar refractivity (Wildman–Crippen MR) is 119 cm³/mol. The molecule has 0 spiro atoms. The molecule has 4 rings (SSSR count). The van der Waals surface area contributed by atoms with Gasteiger partial charge in [-0.3, -0.25) is 9.36 Å². The molecule has 6 heteroatoms. The number of halogens is 2. The Morgan fingerprint density at radius 1 is 1.00 bits per heavy atom. The Morgan fingerprint density at radius 2 is 1.70 bits per heavy atom. The molecule has 1 fully saturated rings. The topological polar surface area (TPSA) is 37.3 Å². The normalized spacial score (nSPS) is 15.2. The molecule has 4 nitrogen and oxygen atoms in total. The number of fused-ring (bicyclic) bond motifs is 1. The van der Waals surface area contributed by atoms with E-state index in [4.69, 9.17) is 0 Å². The Balaban J connectivity index is 1.83. The van der Waals surface area contributed by atoms with E-state index in [1.54, 1.807) is 22.8 Å². The van der Waals surface area contributed by atoms with Gasteiger partial charge in [-0.15, -0.1) is 0 Å². The van der Waals surface area contributed by atoms with Crippen LogP contribution in [-0.4, -0.2) is 17.7 Å². The number of alkyl halides is 2. The van der Waals surface area contributed by atoms with E-state index in [9.17, 15) is 13.6 Å². The number of anilines is 2. The third kappa shape index (κ3) is 3.66. The van der Waals surface area contributed by atoms with Crippen LogP contribution in [0.3, 0.4) is 0 Å². The maximum absolute atomic E-state index is 13.4. The molecule has 1 aromatic heterocycles. The number of rotatable bonds is 5. The van der Waals surface area contributed by atoms with E-state index >= 15 is 0 Å². The average Bonchev–Trinajstić information content (AvgIpc) is 3.25. The van der Waals surface area contributed by atoms with Gasteiger partial charge < -0.3 is 10.2 Å². The number of nitrogens with one attached hydrogen (secondary N) is 1. The van der Waals surface area contributed by atoms with Crippen molar-refractivity contribution in [2.45, 2.75) is 39.2 Å². The predicted octanol–water partition coefficient (Wildman–Crippen LogP) is 5.56. The van der Waals surface area contributed by atoms with Gasteiger partial charge in [0.05, 0.1) is 0 Å². The van der Waals surface area contributed by atoms with Crippen molar-refractivity contribution in [1.82, 2.24) is 4.57 Å². The molecule has 0 radical (unpaired) electrons. The maximum Gasteiger partial charge on any atom is 0.265 e. The first-order chi connectivity index (χ1) is 14.4. The van der Waals surface area contributed by atoms with E-state index < -0.39 is 6.43 Å². The molecule has 3 aromatic rings. The lowest BCUT2D eigenvalue weighted by molar-refractivity contribution is 0.152. The van der Waals surface area contributed by atoms with Gasteiger partial charge >= 0.3 is 0 Å². The molecule has 1 aliphatic rings. The lowest BCUT2D eigenvalue weighted by Gasteiger charge is -2.24. The molecule has 0 bridgehead atoms. The Kier molecular flexibility index (Phi) is 5.50.